The number of hydrogen-bond acceptors (Lipinski definition) is 5. The van der Waals surface area contributed by atoms with Gasteiger partial charge < -0.3 is 9.30 Å². The molecule has 7 nitrogen and oxygen atoms in total. The van der Waals surface area contributed by atoms with Crippen LogP contribution in [0, 0.1) is 10.1 Å². The lowest BCUT2D eigenvalue weighted by atomic mass is 10.2. The van der Waals surface area contributed by atoms with Gasteiger partial charge in [-0.25, -0.2) is 0 Å². The molecular formula is C17H15N3O4S. The molecule has 0 saturated heterocycles. The predicted molar refractivity (Wildman–Crippen MR) is 94.7 cm³/mol. The van der Waals surface area contributed by atoms with Gasteiger partial charge in [-0.1, -0.05) is 35.6 Å². The van der Waals surface area contributed by atoms with Crippen LogP contribution in [-0.4, -0.2) is 29.1 Å². The van der Waals surface area contributed by atoms with E-state index in [1.165, 1.54) is 29.5 Å². The Morgan fingerprint density at radius 2 is 1.96 bits per heavy atom. The van der Waals surface area contributed by atoms with Crippen LogP contribution in [0.4, 0.5) is 5.69 Å². The quantitative estimate of drug-likeness (QED) is 0.519. The molecule has 0 aliphatic heterocycles. The van der Waals surface area contributed by atoms with E-state index in [0.29, 0.717) is 18.0 Å². The topological polar surface area (TPSA) is 86.7 Å². The Hall–Kier alpha value is -2.84. The number of para-hydroxylation sites is 2. The summed E-state index contributed by atoms with van der Waals surface area (Å²) in [4.78, 5) is 27.7. The van der Waals surface area contributed by atoms with Crippen molar-refractivity contribution in [3.63, 3.8) is 0 Å². The highest BCUT2D eigenvalue weighted by Crippen LogP contribution is 2.20. The molecule has 3 rings (SSSR count). The van der Waals surface area contributed by atoms with Crippen molar-refractivity contribution in [3.05, 3.63) is 69.0 Å². The van der Waals surface area contributed by atoms with E-state index in [0.717, 1.165) is 10.2 Å². The largest absolute Gasteiger partial charge is 0.383 e. The molecule has 0 aliphatic rings. The maximum absolute atomic E-state index is 12.5. The second-order valence-electron chi connectivity index (χ2n) is 5.19. The molecule has 0 spiro atoms. The number of fused-ring (bicyclic) bond motifs is 1. The summed E-state index contributed by atoms with van der Waals surface area (Å²) in [7, 11) is 1.60. The highest BCUT2D eigenvalue weighted by molar-refractivity contribution is 7.16. The maximum Gasteiger partial charge on any atom is 0.286 e. The molecule has 0 aliphatic carbocycles. The van der Waals surface area contributed by atoms with Gasteiger partial charge in [0.05, 0.1) is 21.7 Å². The Bertz CT molecular complexity index is 1010. The molecule has 1 aromatic heterocycles. The minimum atomic E-state index is -0.634. The van der Waals surface area contributed by atoms with Gasteiger partial charge >= 0.3 is 0 Å². The van der Waals surface area contributed by atoms with Crippen molar-refractivity contribution in [2.75, 3.05) is 13.7 Å². The SMILES string of the molecule is COCCn1c(=NC(=O)c2ccccc2[N+](=O)[O-])sc2ccccc21. The van der Waals surface area contributed by atoms with E-state index in [2.05, 4.69) is 4.99 Å². The van der Waals surface area contributed by atoms with Gasteiger partial charge in [-0.2, -0.15) is 4.99 Å². The normalized spacial score (nSPS) is 11.8. The molecule has 8 heteroatoms. The second-order valence-corrected chi connectivity index (χ2v) is 6.20. The fourth-order valence-electron chi connectivity index (χ4n) is 2.47. The third kappa shape index (κ3) is 3.49. The Labute approximate surface area is 147 Å². The number of aromatic nitrogens is 1. The average Bonchev–Trinajstić information content (AvgIpc) is 2.96. The van der Waals surface area contributed by atoms with Gasteiger partial charge in [0.2, 0.25) is 0 Å². The number of thiazole rings is 1. The van der Waals surface area contributed by atoms with E-state index < -0.39 is 10.8 Å². The zero-order valence-electron chi connectivity index (χ0n) is 13.4. The predicted octanol–water partition coefficient (Wildman–Crippen LogP) is 3.00. The van der Waals surface area contributed by atoms with Crippen LogP contribution in [0.3, 0.4) is 0 Å². The molecule has 25 heavy (non-hydrogen) atoms. The standard InChI is InChI=1S/C17H15N3O4S/c1-24-11-10-19-14-8-4-5-9-15(14)25-17(19)18-16(21)12-6-2-3-7-13(12)20(22)23/h2-9H,10-11H2,1H3. The van der Waals surface area contributed by atoms with Crippen LogP contribution in [0.2, 0.25) is 0 Å². The van der Waals surface area contributed by atoms with Crippen molar-refractivity contribution in [2.45, 2.75) is 6.54 Å². The van der Waals surface area contributed by atoms with Gasteiger partial charge in [0, 0.05) is 19.7 Å². The first-order valence-electron chi connectivity index (χ1n) is 7.51. The number of carbonyl (C=O) groups is 1. The number of rotatable bonds is 5. The van der Waals surface area contributed by atoms with Gasteiger partial charge in [0.1, 0.15) is 5.56 Å². The highest BCUT2D eigenvalue weighted by Gasteiger charge is 2.19. The lowest BCUT2D eigenvalue weighted by molar-refractivity contribution is -0.385. The van der Waals surface area contributed by atoms with Gasteiger partial charge in [0.25, 0.3) is 11.6 Å². The summed E-state index contributed by atoms with van der Waals surface area (Å²) in [6.45, 7) is 0.997. The van der Waals surface area contributed by atoms with E-state index >= 15 is 0 Å². The van der Waals surface area contributed by atoms with Crippen LogP contribution in [0.25, 0.3) is 10.2 Å². The Morgan fingerprint density at radius 3 is 2.72 bits per heavy atom. The number of nitro benzene ring substituents is 1. The van der Waals surface area contributed by atoms with Gasteiger partial charge in [-0.05, 0) is 18.2 Å². The number of carbonyl (C=O) groups excluding carboxylic acids is 1. The highest BCUT2D eigenvalue weighted by atomic mass is 32.1. The van der Waals surface area contributed by atoms with E-state index in [1.54, 1.807) is 13.2 Å². The van der Waals surface area contributed by atoms with Gasteiger partial charge in [0.15, 0.2) is 4.80 Å². The van der Waals surface area contributed by atoms with Crippen molar-refractivity contribution in [2.24, 2.45) is 4.99 Å². The molecule has 1 amide bonds. The monoisotopic (exact) mass is 357 g/mol. The van der Waals surface area contributed by atoms with Crippen LogP contribution < -0.4 is 4.80 Å². The number of benzene rings is 2. The van der Waals surface area contributed by atoms with Crippen LogP contribution in [0.1, 0.15) is 10.4 Å². The summed E-state index contributed by atoms with van der Waals surface area (Å²) in [6.07, 6.45) is 0. The molecule has 0 bridgehead atoms. The Kier molecular flexibility index (Phi) is 5.01. The van der Waals surface area contributed by atoms with E-state index in [9.17, 15) is 14.9 Å². The first kappa shape index (κ1) is 17.0. The van der Waals surface area contributed by atoms with E-state index in [-0.39, 0.29) is 11.3 Å². The summed E-state index contributed by atoms with van der Waals surface area (Å²) in [5.41, 5.74) is 0.669. The number of nitro groups is 1. The summed E-state index contributed by atoms with van der Waals surface area (Å²) in [5.74, 6) is -0.634. The van der Waals surface area contributed by atoms with Crippen LogP contribution in [-0.2, 0) is 11.3 Å². The first-order chi connectivity index (χ1) is 12.1. The van der Waals surface area contributed by atoms with Crippen LogP contribution >= 0.6 is 11.3 Å². The van der Waals surface area contributed by atoms with Crippen LogP contribution in [0.15, 0.2) is 53.5 Å². The van der Waals surface area contributed by atoms with E-state index in [1.807, 2.05) is 28.8 Å². The summed E-state index contributed by atoms with van der Waals surface area (Å²) in [5, 5.41) is 11.1. The maximum atomic E-state index is 12.5. The molecular weight excluding hydrogens is 342 g/mol. The Balaban J connectivity index is 2.12. The fourth-order valence-corrected chi connectivity index (χ4v) is 3.52. The molecule has 0 N–H and O–H groups in total. The lowest BCUT2D eigenvalue weighted by Gasteiger charge is -2.04. The Morgan fingerprint density at radius 1 is 1.24 bits per heavy atom. The van der Waals surface area contributed by atoms with Crippen molar-refractivity contribution in [1.29, 1.82) is 0 Å². The number of methoxy groups -OCH3 is 1. The van der Waals surface area contributed by atoms with Crippen LogP contribution in [0.5, 0.6) is 0 Å². The summed E-state index contributed by atoms with van der Waals surface area (Å²) >= 11 is 1.36. The number of amides is 1. The molecule has 0 atom stereocenters. The first-order valence-corrected chi connectivity index (χ1v) is 8.33. The second kappa shape index (κ2) is 7.37. The van der Waals surface area contributed by atoms with Crippen molar-refractivity contribution in [3.8, 4) is 0 Å². The zero-order chi connectivity index (χ0) is 17.8. The molecule has 1 heterocycles. The molecule has 0 unspecified atom stereocenters. The number of ether oxygens (including phenoxy) is 1. The molecule has 3 aromatic rings. The average molecular weight is 357 g/mol. The minimum Gasteiger partial charge on any atom is -0.383 e. The molecule has 0 radical (unpaired) electrons. The van der Waals surface area contributed by atoms with Crippen molar-refractivity contribution < 1.29 is 14.5 Å². The van der Waals surface area contributed by atoms with Gasteiger partial charge in [-0.15, -0.1) is 0 Å². The van der Waals surface area contributed by atoms with Crippen molar-refractivity contribution >= 4 is 33.1 Å². The zero-order valence-corrected chi connectivity index (χ0v) is 14.2. The van der Waals surface area contributed by atoms with Gasteiger partial charge in [-0.3, -0.25) is 14.9 Å². The number of hydrogen-bond donors (Lipinski definition) is 0. The molecule has 0 fully saturated rings. The van der Waals surface area contributed by atoms with Crippen molar-refractivity contribution in [1.82, 2.24) is 4.57 Å². The third-order valence-corrected chi connectivity index (χ3v) is 4.69. The summed E-state index contributed by atoms with van der Waals surface area (Å²) < 4.78 is 7.99. The number of nitrogens with zero attached hydrogens (tertiary/aromatic N) is 3. The smallest absolute Gasteiger partial charge is 0.286 e. The molecule has 2 aromatic carbocycles. The fraction of sp³-hybridized carbons (Fsp3) is 0.176. The lowest BCUT2D eigenvalue weighted by Crippen LogP contribution is -2.19. The third-order valence-electron chi connectivity index (χ3n) is 3.64. The molecule has 0 saturated carbocycles. The summed E-state index contributed by atoms with van der Waals surface area (Å²) in [6, 6.07) is 13.5. The van der Waals surface area contributed by atoms with E-state index in [4.69, 9.17) is 4.74 Å². The molecule has 128 valence electrons. The minimum absolute atomic E-state index is 0.0248.